The average Bonchev–Trinajstić information content (AvgIpc) is 2.92. The molecule has 0 saturated heterocycles. The van der Waals surface area contributed by atoms with Crippen LogP contribution in [0.25, 0.3) is 0 Å². The molecule has 0 bridgehead atoms. The van der Waals surface area contributed by atoms with Crippen molar-refractivity contribution in [2.24, 2.45) is 0 Å². The van der Waals surface area contributed by atoms with Gasteiger partial charge in [-0.05, 0) is 55.7 Å². The monoisotopic (exact) mass is 328 g/mol. The number of rotatable bonds is 5. The highest BCUT2D eigenvalue weighted by Crippen LogP contribution is 2.27. The molecule has 2 N–H and O–H groups in total. The van der Waals surface area contributed by atoms with Crippen molar-refractivity contribution in [2.75, 3.05) is 5.32 Å². The van der Waals surface area contributed by atoms with Crippen molar-refractivity contribution in [3.05, 3.63) is 64.2 Å². The molecule has 1 aliphatic heterocycles. The van der Waals surface area contributed by atoms with E-state index in [4.69, 9.17) is 11.6 Å². The number of ketones is 1. The molecule has 1 heterocycles. The number of hydrogen-bond donors (Lipinski definition) is 2. The summed E-state index contributed by atoms with van der Waals surface area (Å²) in [5, 5.41) is 7.39. The summed E-state index contributed by atoms with van der Waals surface area (Å²) in [5.41, 5.74) is 4.13. The van der Waals surface area contributed by atoms with E-state index in [0.29, 0.717) is 12.6 Å². The Morgan fingerprint density at radius 2 is 2.13 bits per heavy atom. The molecule has 120 valence electrons. The number of benzene rings is 2. The van der Waals surface area contributed by atoms with Gasteiger partial charge in [-0.3, -0.25) is 4.79 Å². The van der Waals surface area contributed by atoms with Crippen LogP contribution in [0.2, 0.25) is 5.02 Å². The minimum absolute atomic E-state index is 0.111. The van der Waals surface area contributed by atoms with Gasteiger partial charge in [0, 0.05) is 28.9 Å². The zero-order chi connectivity index (χ0) is 16.4. The summed E-state index contributed by atoms with van der Waals surface area (Å²) >= 11 is 6.15. The Hall–Kier alpha value is -1.84. The molecular weight excluding hydrogens is 308 g/mol. The maximum atomic E-state index is 12.6. The first-order chi connectivity index (χ1) is 11.0. The molecule has 0 fully saturated rings. The molecular formula is C19H21ClN2O. The van der Waals surface area contributed by atoms with Gasteiger partial charge in [0.05, 0.1) is 6.04 Å². The summed E-state index contributed by atoms with van der Waals surface area (Å²) in [4.78, 5) is 12.6. The molecule has 2 aromatic rings. The second-order valence-corrected chi connectivity index (χ2v) is 6.59. The van der Waals surface area contributed by atoms with Crippen LogP contribution in [0.3, 0.4) is 0 Å². The third-order valence-corrected chi connectivity index (χ3v) is 4.64. The Balaban J connectivity index is 1.66. The lowest BCUT2D eigenvalue weighted by Crippen LogP contribution is -2.33. The highest BCUT2D eigenvalue weighted by Gasteiger charge is 2.20. The topological polar surface area (TPSA) is 41.1 Å². The standard InChI is InChI=1S/C19H21ClN2O/c1-12-9-16-10-14(7-8-18(16)22-12)19(23)13(2)21-11-15-5-3-4-6-17(15)20/h3-8,10,12-13,21-22H,9,11H2,1-2H3. The fourth-order valence-electron chi connectivity index (χ4n) is 2.95. The van der Waals surface area contributed by atoms with Crippen molar-refractivity contribution in [1.82, 2.24) is 5.32 Å². The van der Waals surface area contributed by atoms with Crippen LogP contribution in [0.15, 0.2) is 42.5 Å². The van der Waals surface area contributed by atoms with Crippen LogP contribution < -0.4 is 10.6 Å². The van der Waals surface area contributed by atoms with Gasteiger partial charge in [-0.2, -0.15) is 0 Å². The van der Waals surface area contributed by atoms with Crippen LogP contribution in [-0.2, 0) is 13.0 Å². The zero-order valence-electron chi connectivity index (χ0n) is 13.4. The fraction of sp³-hybridized carbons (Fsp3) is 0.316. The van der Waals surface area contributed by atoms with Crippen molar-refractivity contribution in [3.63, 3.8) is 0 Å². The molecule has 4 heteroatoms. The number of hydrogen-bond acceptors (Lipinski definition) is 3. The zero-order valence-corrected chi connectivity index (χ0v) is 14.2. The lowest BCUT2D eigenvalue weighted by atomic mass is 10.0. The molecule has 0 aromatic heterocycles. The summed E-state index contributed by atoms with van der Waals surface area (Å²) in [6, 6.07) is 13.8. The predicted molar refractivity (Wildman–Crippen MR) is 95.3 cm³/mol. The van der Waals surface area contributed by atoms with E-state index >= 15 is 0 Å². The quantitative estimate of drug-likeness (QED) is 0.813. The average molecular weight is 329 g/mol. The number of halogens is 1. The number of nitrogens with one attached hydrogen (secondary N) is 2. The van der Waals surface area contributed by atoms with Gasteiger partial charge in [0.15, 0.2) is 5.78 Å². The minimum Gasteiger partial charge on any atom is -0.382 e. The van der Waals surface area contributed by atoms with E-state index < -0.39 is 0 Å². The van der Waals surface area contributed by atoms with E-state index in [0.717, 1.165) is 28.3 Å². The van der Waals surface area contributed by atoms with Crippen LogP contribution >= 0.6 is 11.6 Å². The Morgan fingerprint density at radius 3 is 2.91 bits per heavy atom. The molecule has 0 spiro atoms. The van der Waals surface area contributed by atoms with Crippen LogP contribution in [0.4, 0.5) is 5.69 Å². The highest BCUT2D eigenvalue weighted by atomic mass is 35.5. The van der Waals surface area contributed by atoms with E-state index in [1.807, 2.05) is 49.4 Å². The molecule has 2 atom stereocenters. The Labute approximate surface area is 142 Å². The Kier molecular flexibility index (Phi) is 4.69. The molecule has 0 amide bonds. The molecule has 0 radical (unpaired) electrons. The van der Waals surface area contributed by atoms with Crippen molar-refractivity contribution in [1.29, 1.82) is 0 Å². The number of fused-ring (bicyclic) bond motifs is 1. The molecule has 3 rings (SSSR count). The summed E-state index contributed by atoms with van der Waals surface area (Å²) in [7, 11) is 0. The number of carbonyl (C=O) groups excluding carboxylic acids is 1. The van der Waals surface area contributed by atoms with Gasteiger partial charge in [-0.15, -0.1) is 0 Å². The van der Waals surface area contributed by atoms with Gasteiger partial charge in [-0.1, -0.05) is 29.8 Å². The second kappa shape index (κ2) is 6.73. The normalized spacial score (nSPS) is 17.4. The van der Waals surface area contributed by atoms with Crippen molar-refractivity contribution < 1.29 is 4.79 Å². The molecule has 3 nitrogen and oxygen atoms in total. The van der Waals surface area contributed by atoms with E-state index in [1.165, 1.54) is 5.56 Å². The molecule has 2 unspecified atom stereocenters. The molecule has 23 heavy (non-hydrogen) atoms. The number of Topliss-reactive ketones (excluding diaryl/α,β-unsaturated/α-hetero) is 1. The molecule has 0 saturated carbocycles. The minimum atomic E-state index is -0.254. The summed E-state index contributed by atoms with van der Waals surface area (Å²) in [6.07, 6.45) is 0.970. The van der Waals surface area contributed by atoms with Gasteiger partial charge in [0.1, 0.15) is 0 Å². The van der Waals surface area contributed by atoms with Gasteiger partial charge < -0.3 is 10.6 Å². The number of anilines is 1. The first-order valence-corrected chi connectivity index (χ1v) is 8.33. The van der Waals surface area contributed by atoms with Crippen molar-refractivity contribution in [3.8, 4) is 0 Å². The van der Waals surface area contributed by atoms with Crippen LogP contribution in [0, 0.1) is 0 Å². The third-order valence-electron chi connectivity index (χ3n) is 4.27. The number of carbonyl (C=O) groups is 1. The summed E-state index contributed by atoms with van der Waals surface area (Å²) in [5.74, 6) is 0.111. The highest BCUT2D eigenvalue weighted by molar-refractivity contribution is 6.31. The SMILES string of the molecule is CC1Cc2cc(C(=O)C(C)NCc3ccccc3Cl)ccc2N1. The molecule has 0 aliphatic carbocycles. The lowest BCUT2D eigenvalue weighted by Gasteiger charge is -2.14. The summed E-state index contributed by atoms with van der Waals surface area (Å²) in [6.45, 7) is 4.62. The maximum absolute atomic E-state index is 12.6. The van der Waals surface area contributed by atoms with Gasteiger partial charge in [0.2, 0.25) is 0 Å². The van der Waals surface area contributed by atoms with Crippen LogP contribution in [0.5, 0.6) is 0 Å². The lowest BCUT2D eigenvalue weighted by molar-refractivity contribution is 0.0950. The predicted octanol–water partition coefficient (Wildman–Crippen LogP) is 4.06. The third kappa shape index (κ3) is 3.57. The molecule has 1 aliphatic rings. The Bertz CT molecular complexity index is 729. The van der Waals surface area contributed by atoms with Crippen molar-refractivity contribution >= 4 is 23.1 Å². The smallest absolute Gasteiger partial charge is 0.179 e. The Morgan fingerprint density at radius 1 is 1.35 bits per heavy atom. The second-order valence-electron chi connectivity index (χ2n) is 6.18. The maximum Gasteiger partial charge on any atom is 0.179 e. The van der Waals surface area contributed by atoms with Crippen LogP contribution in [-0.4, -0.2) is 17.9 Å². The van der Waals surface area contributed by atoms with Gasteiger partial charge >= 0.3 is 0 Å². The van der Waals surface area contributed by atoms with E-state index in [-0.39, 0.29) is 11.8 Å². The summed E-state index contributed by atoms with van der Waals surface area (Å²) < 4.78 is 0. The van der Waals surface area contributed by atoms with E-state index in [2.05, 4.69) is 17.6 Å². The largest absolute Gasteiger partial charge is 0.382 e. The van der Waals surface area contributed by atoms with E-state index in [1.54, 1.807) is 0 Å². The first kappa shape index (κ1) is 16.0. The molecule has 2 aromatic carbocycles. The van der Waals surface area contributed by atoms with E-state index in [9.17, 15) is 4.79 Å². The van der Waals surface area contributed by atoms with Gasteiger partial charge in [0.25, 0.3) is 0 Å². The van der Waals surface area contributed by atoms with Crippen LogP contribution in [0.1, 0.15) is 35.3 Å². The van der Waals surface area contributed by atoms with Gasteiger partial charge in [-0.25, -0.2) is 0 Å². The van der Waals surface area contributed by atoms with Crippen molar-refractivity contribution in [2.45, 2.75) is 38.9 Å². The fourth-order valence-corrected chi connectivity index (χ4v) is 3.15. The first-order valence-electron chi connectivity index (χ1n) is 7.95.